The standard InChI is InChI=1S/C20H35N3O6/c1-7-13(2)16(21-19(28)29-20(3,4)5)18(27)23-10-8-14(9-11-23)17(26)22(6)12-15(24)25/h13-14,16H,7-12H2,1-6H3,(H,21,28)(H,24,25). The van der Waals surface area contributed by atoms with Crippen molar-refractivity contribution in [3.05, 3.63) is 0 Å². The molecule has 0 saturated carbocycles. The van der Waals surface area contributed by atoms with E-state index in [-0.39, 0.29) is 30.2 Å². The number of likely N-dealkylation sites (N-methyl/N-ethyl adjacent to an activating group) is 1. The highest BCUT2D eigenvalue weighted by atomic mass is 16.6. The van der Waals surface area contributed by atoms with Crippen LogP contribution in [-0.2, 0) is 19.1 Å². The molecular weight excluding hydrogens is 378 g/mol. The highest BCUT2D eigenvalue weighted by Gasteiger charge is 2.35. The van der Waals surface area contributed by atoms with Gasteiger partial charge in [0.15, 0.2) is 0 Å². The van der Waals surface area contributed by atoms with Gasteiger partial charge in [0.2, 0.25) is 11.8 Å². The van der Waals surface area contributed by atoms with Crippen LogP contribution in [0.3, 0.4) is 0 Å². The first-order valence-corrected chi connectivity index (χ1v) is 10.1. The van der Waals surface area contributed by atoms with Gasteiger partial charge in [-0.15, -0.1) is 0 Å². The van der Waals surface area contributed by atoms with Crippen molar-refractivity contribution >= 4 is 23.9 Å². The Bertz CT molecular complexity index is 608. The summed E-state index contributed by atoms with van der Waals surface area (Å²) in [5.41, 5.74) is -0.659. The molecule has 1 saturated heterocycles. The summed E-state index contributed by atoms with van der Waals surface area (Å²) in [6.07, 6.45) is 1.01. The van der Waals surface area contributed by atoms with E-state index in [1.165, 1.54) is 11.9 Å². The summed E-state index contributed by atoms with van der Waals surface area (Å²) < 4.78 is 5.29. The highest BCUT2D eigenvalue weighted by Crippen LogP contribution is 2.22. The van der Waals surface area contributed by atoms with Crippen molar-refractivity contribution < 1.29 is 29.0 Å². The second kappa shape index (κ2) is 10.5. The molecule has 1 rings (SSSR count). The summed E-state index contributed by atoms with van der Waals surface area (Å²) in [5, 5.41) is 11.5. The van der Waals surface area contributed by atoms with Crippen molar-refractivity contribution in [3.8, 4) is 0 Å². The fourth-order valence-electron chi connectivity index (χ4n) is 3.25. The first-order chi connectivity index (χ1) is 13.4. The molecule has 0 aromatic carbocycles. The molecule has 2 N–H and O–H groups in total. The number of nitrogens with zero attached hydrogens (tertiary/aromatic N) is 2. The number of rotatable bonds is 7. The van der Waals surface area contributed by atoms with E-state index < -0.39 is 23.7 Å². The third-order valence-corrected chi connectivity index (χ3v) is 5.06. The third-order valence-electron chi connectivity index (χ3n) is 5.06. The lowest BCUT2D eigenvalue weighted by molar-refractivity contribution is -0.146. The van der Waals surface area contributed by atoms with Crippen molar-refractivity contribution in [2.75, 3.05) is 26.7 Å². The quantitative estimate of drug-likeness (QED) is 0.656. The number of likely N-dealkylation sites (tertiary alicyclic amines) is 1. The first kappa shape index (κ1) is 24.7. The van der Waals surface area contributed by atoms with Gasteiger partial charge in [0.05, 0.1) is 0 Å². The number of ether oxygens (including phenoxy) is 1. The molecule has 1 aliphatic rings. The predicted octanol–water partition coefficient (Wildman–Crippen LogP) is 1.71. The number of carboxylic acids is 1. The molecule has 1 heterocycles. The summed E-state index contributed by atoms with van der Waals surface area (Å²) in [5.74, 6) is -1.83. The van der Waals surface area contributed by atoms with Crippen LogP contribution in [0.1, 0.15) is 53.9 Å². The SMILES string of the molecule is CCC(C)C(NC(=O)OC(C)(C)C)C(=O)N1CCC(C(=O)N(C)CC(=O)O)CC1. The Hall–Kier alpha value is -2.32. The minimum atomic E-state index is -1.06. The van der Waals surface area contributed by atoms with Crippen LogP contribution in [0, 0.1) is 11.8 Å². The molecule has 1 aliphatic heterocycles. The van der Waals surface area contributed by atoms with Crippen LogP contribution in [0.15, 0.2) is 0 Å². The molecular formula is C20H35N3O6. The van der Waals surface area contributed by atoms with E-state index in [2.05, 4.69) is 5.32 Å². The Morgan fingerprint density at radius 1 is 1.21 bits per heavy atom. The molecule has 3 amide bonds. The average molecular weight is 414 g/mol. The smallest absolute Gasteiger partial charge is 0.408 e. The van der Waals surface area contributed by atoms with Gasteiger partial charge in [-0.3, -0.25) is 14.4 Å². The molecule has 9 heteroatoms. The van der Waals surface area contributed by atoms with Gasteiger partial charge in [-0.25, -0.2) is 4.79 Å². The molecule has 0 aromatic heterocycles. The molecule has 9 nitrogen and oxygen atoms in total. The number of carbonyl (C=O) groups is 4. The second-order valence-corrected chi connectivity index (χ2v) is 8.70. The van der Waals surface area contributed by atoms with E-state index in [0.717, 1.165) is 0 Å². The Kier molecular flexibility index (Phi) is 8.91. The molecule has 2 unspecified atom stereocenters. The van der Waals surface area contributed by atoms with Crippen molar-refractivity contribution in [1.82, 2.24) is 15.1 Å². The van der Waals surface area contributed by atoms with Crippen LogP contribution in [0.25, 0.3) is 0 Å². The number of nitrogens with one attached hydrogen (secondary N) is 1. The maximum atomic E-state index is 13.0. The molecule has 1 fully saturated rings. The molecule has 0 radical (unpaired) electrons. The van der Waals surface area contributed by atoms with Gasteiger partial charge in [-0.05, 0) is 39.5 Å². The van der Waals surface area contributed by atoms with Gasteiger partial charge in [0.25, 0.3) is 0 Å². The maximum Gasteiger partial charge on any atom is 0.408 e. The fourth-order valence-corrected chi connectivity index (χ4v) is 3.25. The van der Waals surface area contributed by atoms with E-state index in [1.807, 2.05) is 13.8 Å². The number of hydrogen-bond acceptors (Lipinski definition) is 5. The summed E-state index contributed by atoms with van der Waals surface area (Å²) in [6.45, 7) is 9.56. The predicted molar refractivity (Wildman–Crippen MR) is 107 cm³/mol. The van der Waals surface area contributed by atoms with Crippen LogP contribution in [-0.4, -0.2) is 77.1 Å². The molecule has 2 atom stereocenters. The summed E-state index contributed by atoms with van der Waals surface area (Å²) in [4.78, 5) is 51.2. The summed E-state index contributed by atoms with van der Waals surface area (Å²) >= 11 is 0. The second-order valence-electron chi connectivity index (χ2n) is 8.70. The van der Waals surface area contributed by atoms with Crippen LogP contribution in [0.5, 0.6) is 0 Å². The minimum Gasteiger partial charge on any atom is -0.480 e. The number of aliphatic carboxylic acids is 1. The van der Waals surface area contributed by atoms with Crippen LogP contribution < -0.4 is 5.32 Å². The number of piperidine rings is 1. The number of hydrogen-bond donors (Lipinski definition) is 2. The fraction of sp³-hybridized carbons (Fsp3) is 0.800. The lowest BCUT2D eigenvalue weighted by Gasteiger charge is -2.36. The van der Waals surface area contributed by atoms with Crippen LogP contribution in [0.2, 0.25) is 0 Å². The lowest BCUT2D eigenvalue weighted by atomic mass is 9.93. The number of carbonyl (C=O) groups excluding carboxylic acids is 3. The number of amides is 3. The Balaban J connectivity index is 2.71. The largest absolute Gasteiger partial charge is 0.480 e. The van der Waals surface area contributed by atoms with E-state index in [4.69, 9.17) is 9.84 Å². The zero-order valence-electron chi connectivity index (χ0n) is 18.4. The van der Waals surface area contributed by atoms with E-state index in [9.17, 15) is 19.2 Å². The van der Waals surface area contributed by atoms with Crippen LogP contribution in [0.4, 0.5) is 4.79 Å². The van der Waals surface area contributed by atoms with Gasteiger partial charge in [-0.1, -0.05) is 20.3 Å². The Morgan fingerprint density at radius 2 is 1.76 bits per heavy atom. The van der Waals surface area contributed by atoms with E-state index in [0.29, 0.717) is 32.4 Å². The molecule has 0 bridgehead atoms. The molecule has 0 aliphatic carbocycles. The normalized spacial score (nSPS) is 17.2. The zero-order valence-corrected chi connectivity index (χ0v) is 18.4. The molecule has 29 heavy (non-hydrogen) atoms. The minimum absolute atomic E-state index is 0.0731. The van der Waals surface area contributed by atoms with E-state index in [1.54, 1.807) is 25.7 Å². The molecule has 0 spiro atoms. The first-order valence-electron chi connectivity index (χ1n) is 10.1. The molecule has 0 aromatic rings. The van der Waals surface area contributed by atoms with Crippen molar-refractivity contribution in [1.29, 1.82) is 0 Å². The Morgan fingerprint density at radius 3 is 2.21 bits per heavy atom. The topological polar surface area (TPSA) is 116 Å². The van der Waals surface area contributed by atoms with Gasteiger partial charge in [0.1, 0.15) is 18.2 Å². The summed E-state index contributed by atoms with van der Waals surface area (Å²) in [6, 6.07) is -0.697. The maximum absolute atomic E-state index is 13.0. The average Bonchev–Trinajstić information content (AvgIpc) is 2.62. The number of alkyl carbamates (subject to hydrolysis) is 1. The van der Waals surface area contributed by atoms with Crippen molar-refractivity contribution in [2.45, 2.75) is 65.5 Å². The van der Waals surface area contributed by atoms with Crippen molar-refractivity contribution in [2.24, 2.45) is 11.8 Å². The lowest BCUT2D eigenvalue weighted by Crippen LogP contribution is -2.54. The van der Waals surface area contributed by atoms with Gasteiger partial charge < -0.3 is 25.0 Å². The Labute approximate surface area is 172 Å². The van der Waals surface area contributed by atoms with E-state index >= 15 is 0 Å². The highest BCUT2D eigenvalue weighted by molar-refractivity contribution is 5.87. The van der Waals surface area contributed by atoms with Gasteiger partial charge in [0, 0.05) is 26.1 Å². The zero-order chi connectivity index (χ0) is 22.4. The summed E-state index contributed by atoms with van der Waals surface area (Å²) in [7, 11) is 1.47. The van der Waals surface area contributed by atoms with Crippen molar-refractivity contribution in [3.63, 3.8) is 0 Å². The third kappa shape index (κ3) is 7.91. The van der Waals surface area contributed by atoms with Crippen LogP contribution >= 0.6 is 0 Å². The molecule has 166 valence electrons. The van der Waals surface area contributed by atoms with Gasteiger partial charge in [-0.2, -0.15) is 0 Å². The van der Waals surface area contributed by atoms with Gasteiger partial charge >= 0.3 is 12.1 Å². The number of carboxylic acid groups (broad SMARTS) is 1. The monoisotopic (exact) mass is 413 g/mol.